The van der Waals surface area contributed by atoms with Gasteiger partial charge >= 0.3 is 6.36 Å². The van der Waals surface area contributed by atoms with Crippen molar-refractivity contribution >= 4 is 5.91 Å². The third kappa shape index (κ3) is 4.61. The molecule has 0 saturated carbocycles. The van der Waals surface area contributed by atoms with Gasteiger partial charge in [-0.1, -0.05) is 6.07 Å². The molecule has 0 unspecified atom stereocenters. The van der Waals surface area contributed by atoms with E-state index in [1.165, 1.54) is 24.5 Å². The fourth-order valence-corrected chi connectivity index (χ4v) is 2.57. The van der Waals surface area contributed by atoms with Crippen LogP contribution in [-0.4, -0.2) is 51.5 Å². The third-order valence-corrected chi connectivity index (χ3v) is 3.69. The summed E-state index contributed by atoms with van der Waals surface area (Å²) >= 11 is 0. The standard InChI is InChI=1S/C15H15F3N4O3/c16-15(17,18)25-12-3-1-2-11(8-12)24-10-4-6-22(7-5-10)14(23)13-19-9-20-21-13/h1-3,8-10H,4-7H2,(H,19,20,21). The summed E-state index contributed by atoms with van der Waals surface area (Å²) in [5.41, 5.74) is 0. The van der Waals surface area contributed by atoms with Gasteiger partial charge in [0, 0.05) is 32.0 Å². The summed E-state index contributed by atoms with van der Waals surface area (Å²) in [5.74, 6) is -0.0995. The Kier molecular flexibility index (Phi) is 4.77. The molecular formula is C15H15F3N4O3. The average molecular weight is 356 g/mol. The number of aromatic nitrogens is 3. The Morgan fingerprint density at radius 1 is 1.24 bits per heavy atom. The van der Waals surface area contributed by atoms with Gasteiger partial charge < -0.3 is 14.4 Å². The van der Waals surface area contributed by atoms with E-state index in [4.69, 9.17) is 4.74 Å². The molecule has 10 heteroatoms. The molecule has 1 aromatic carbocycles. The Morgan fingerprint density at radius 3 is 2.60 bits per heavy atom. The zero-order valence-corrected chi connectivity index (χ0v) is 13.0. The summed E-state index contributed by atoms with van der Waals surface area (Å²) in [6, 6.07) is 5.40. The van der Waals surface area contributed by atoms with Crippen LogP contribution in [0.2, 0.25) is 0 Å². The van der Waals surface area contributed by atoms with Crippen molar-refractivity contribution in [2.45, 2.75) is 25.3 Å². The number of piperidine rings is 1. The number of hydrogen-bond acceptors (Lipinski definition) is 5. The van der Waals surface area contributed by atoms with E-state index in [1.54, 1.807) is 11.0 Å². The molecule has 1 fully saturated rings. The van der Waals surface area contributed by atoms with Crippen LogP contribution in [0.5, 0.6) is 11.5 Å². The minimum absolute atomic E-state index is 0.177. The lowest BCUT2D eigenvalue weighted by atomic mass is 10.1. The Hall–Kier alpha value is -2.78. The molecule has 0 bridgehead atoms. The number of nitrogens with one attached hydrogen (secondary N) is 1. The normalized spacial score (nSPS) is 15.9. The lowest BCUT2D eigenvalue weighted by Gasteiger charge is -2.31. The molecule has 7 nitrogen and oxygen atoms in total. The molecule has 1 N–H and O–H groups in total. The number of aromatic amines is 1. The third-order valence-electron chi connectivity index (χ3n) is 3.69. The molecule has 1 aromatic heterocycles. The molecule has 1 amide bonds. The van der Waals surface area contributed by atoms with E-state index in [1.807, 2.05) is 0 Å². The Morgan fingerprint density at radius 2 is 1.96 bits per heavy atom. The van der Waals surface area contributed by atoms with E-state index in [9.17, 15) is 18.0 Å². The van der Waals surface area contributed by atoms with E-state index in [2.05, 4.69) is 19.9 Å². The summed E-state index contributed by atoms with van der Waals surface area (Å²) in [4.78, 5) is 17.6. The zero-order chi connectivity index (χ0) is 17.9. The first-order valence-electron chi connectivity index (χ1n) is 7.58. The van der Waals surface area contributed by atoms with Gasteiger partial charge in [-0.25, -0.2) is 4.98 Å². The number of carbonyl (C=O) groups excluding carboxylic acids is 1. The molecular weight excluding hydrogens is 341 g/mol. The van der Waals surface area contributed by atoms with Crippen LogP contribution in [0.1, 0.15) is 23.5 Å². The van der Waals surface area contributed by atoms with Gasteiger partial charge in [0.25, 0.3) is 5.91 Å². The van der Waals surface area contributed by atoms with Crippen molar-refractivity contribution in [2.24, 2.45) is 0 Å². The molecule has 1 aliphatic heterocycles. The number of rotatable bonds is 4. The molecule has 1 saturated heterocycles. The molecule has 134 valence electrons. The quantitative estimate of drug-likeness (QED) is 0.910. The lowest BCUT2D eigenvalue weighted by molar-refractivity contribution is -0.274. The number of likely N-dealkylation sites (tertiary alicyclic amines) is 1. The zero-order valence-electron chi connectivity index (χ0n) is 13.0. The highest BCUT2D eigenvalue weighted by atomic mass is 19.4. The molecule has 0 aliphatic carbocycles. The van der Waals surface area contributed by atoms with Crippen molar-refractivity contribution in [1.82, 2.24) is 20.1 Å². The second kappa shape index (κ2) is 6.99. The summed E-state index contributed by atoms with van der Waals surface area (Å²) in [7, 11) is 0. The van der Waals surface area contributed by atoms with Crippen LogP contribution >= 0.6 is 0 Å². The molecule has 0 atom stereocenters. The fraction of sp³-hybridized carbons (Fsp3) is 0.400. The van der Waals surface area contributed by atoms with Crippen molar-refractivity contribution in [3.8, 4) is 11.5 Å². The number of ether oxygens (including phenoxy) is 2. The number of nitrogens with zero attached hydrogens (tertiary/aromatic N) is 3. The first-order valence-corrected chi connectivity index (χ1v) is 7.58. The van der Waals surface area contributed by atoms with E-state index in [-0.39, 0.29) is 23.6 Å². The van der Waals surface area contributed by atoms with Gasteiger partial charge in [-0.2, -0.15) is 5.10 Å². The van der Waals surface area contributed by atoms with Gasteiger partial charge in [-0.05, 0) is 12.1 Å². The molecule has 0 spiro atoms. The Labute approximate surface area is 140 Å². The van der Waals surface area contributed by atoms with Crippen LogP contribution in [0, 0.1) is 0 Å². The predicted molar refractivity (Wildman–Crippen MR) is 79.1 cm³/mol. The lowest BCUT2D eigenvalue weighted by Crippen LogP contribution is -2.42. The number of carbonyl (C=O) groups is 1. The summed E-state index contributed by atoms with van der Waals surface area (Å²) in [5, 5.41) is 6.16. The van der Waals surface area contributed by atoms with Gasteiger partial charge in [-0.15, -0.1) is 13.2 Å². The monoisotopic (exact) mass is 356 g/mol. The van der Waals surface area contributed by atoms with E-state index in [0.717, 1.165) is 0 Å². The minimum atomic E-state index is -4.75. The first-order chi connectivity index (χ1) is 11.9. The van der Waals surface area contributed by atoms with Crippen molar-refractivity contribution in [3.63, 3.8) is 0 Å². The van der Waals surface area contributed by atoms with Gasteiger partial charge in [-0.3, -0.25) is 9.89 Å². The largest absolute Gasteiger partial charge is 0.573 e. The topological polar surface area (TPSA) is 80.3 Å². The minimum Gasteiger partial charge on any atom is -0.490 e. The fourth-order valence-electron chi connectivity index (χ4n) is 2.57. The summed E-state index contributed by atoms with van der Waals surface area (Å²) < 4.78 is 46.3. The Bertz CT molecular complexity index is 713. The van der Waals surface area contributed by atoms with Gasteiger partial charge in [0.15, 0.2) is 0 Å². The predicted octanol–water partition coefficient (Wildman–Crippen LogP) is 2.39. The van der Waals surface area contributed by atoms with Gasteiger partial charge in [0.1, 0.15) is 23.9 Å². The maximum Gasteiger partial charge on any atom is 0.573 e. The Balaban J connectivity index is 1.54. The van der Waals surface area contributed by atoms with Crippen LogP contribution < -0.4 is 9.47 Å². The number of H-pyrrole nitrogens is 1. The molecule has 1 aliphatic rings. The van der Waals surface area contributed by atoms with Crippen LogP contribution in [0.3, 0.4) is 0 Å². The number of benzene rings is 1. The van der Waals surface area contributed by atoms with Gasteiger partial charge in [0.2, 0.25) is 5.82 Å². The van der Waals surface area contributed by atoms with E-state index in [0.29, 0.717) is 31.7 Å². The maximum absolute atomic E-state index is 12.3. The second-order valence-corrected chi connectivity index (χ2v) is 5.47. The smallest absolute Gasteiger partial charge is 0.490 e. The van der Waals surface area contributed by atoms with Crippen LogP contribution in [0.4, 0.5) is 13.2 Å². The SMILES string of the molecule is O=C(c1ncn[nH]1)N1CCC(Oc2cccc(OC(F)(F)F)c2)CC1. The average Bonchev–Trinajstić information content (AvgIpc) is 3.08. The second-order valence-electron chi connectivity index (χ2n) is 5.47. The van der Waals surface area contributed by atoms with Crippen LogP contribution in [0.25, 0.3) is 0 Å². The highest BCUT2D eigenvalue weighted by Crippen LogP contribution is 2.27. The van der Waals surface area contributed by atoms with E-state index < -0.39 is 6.36 Å². The van der Waals surface area contributed by atoms with Crippen molar-refractivity contribution < 1.29 is 27.4 Å². The molecule has 2 heterocycles. The highest BCUT2D eigenvalue weighted by Gasteiger charge is 2.31. The molecule has 2 aromatic rings. The van der Waals surface area contributed by atoms with Crippen molar-refractivity contribution in [3.05, 3.63) is 36.4 Å². The highest BCUT2D eigenvalue weighted by molar-refractivity contribution is 5.90. The number of hydrogen-bond donors (Lipinski definition) is 1. The summed E-state index contributed by atoms with van der Waals surface area (Å²) in [6.45, 7) is 0.923. The molecule has 0 radical (unpaired) electrons. The number of alkyl halides is 3. The molecule has 25 heavy (non-hydrogen) atoms. The first kappa shape index (κ1) is 17.1. The maximum atomic E-state index is 12.3. The van der Waals surface area contributed by atoms with Crippen LogP contribution in [0.15, 0.2) is 30.6 Å². The van der Waals surface area contributed by atoms with Crippen molar-refractivity contribution in [2.75, 3.05) is 13.1 Å². The van der Waals surface area contributed by atoms with Gasteiger partial charge in [0.05, 0.1) is 0 Å². The van der Waals surface area contributed by atoms with Crippen LogP contribution in [-0.2, 0) is 0 Å². The van der Waals surface area contributed by atoms with Crippen molar-refractivity contribution in [1.29, 1.82) is 0 Å². The van der Waals surface area contributed by atoms with E-state index >= 15 is 0 Å². The summed E-state index contributed by atoms with van der Waals surface area (Å²) in [6.07, 6.45) is -2.56. The number of amides is 1. The number of halogens is 3. The molecule has 3 rings (SSSR count).